The Balaban J connectivity index is 0.00000121. The molecule has 4 rings (SSSR count). The number of benzene rings is 3. The average molecular weight is 295 g/mol. The van der Waals surface area contributed by atoms with Crippen molar-refractivity contribution in [2.45, 2.75) is 0 Å². The molecule has 0 aliphatic carbocycles. The molecule has 0 atom stereocenters. The Hall–Kier alpha value is -1.77. The van der Waals surface area contributed by atoms with Crippen LogP contribution in [0, 0.1) is 0 Å². The van der Waals surface area contributed by atoms with Crippen molar-refractivity contribution in [1.29, 1.82) is 0 Å². The monoisotopic (exact) mass is 295 g/mol. The molecule has 98 valence electrons. The van der Waals surface area contributed by atoms with Crippen molar-refractivity contribution in [3.8, 4) is 4.90 Å². The smallest absolute Gasteiger partial charge is 0.187 e. The molecule has 0 amide bonds. The standard InChI is InChI=1S/C18H13S.H2S/c1-2-8-14(9-3-1)19-17-12-6-4-10-15(17)16-11-5-7-13-18(16)19;/h1-13H;1H2/q+1;. The molecule has 0 aliphatic heterocycles. The van der Waals surface area contributed by atoms with Crippen LogP contribution in [0.5, 0.6) is 0 Å². The first kappa shape index (κ1) is 13.2. The highest BCUT2D eigenvalue weighted by atomic mass is 32.2. The van der Waals surface area contributed by atoms with Gasteiger partial charge in [0, 0.05) is 21.2 Å². The molecule has 4 aromatic rings. The maximum atomic E-state index is 2.27. The second kappa shape index (κ2) is 5.31. The fourth-order valence-electron chi connectivity index (χ4n) is 2.66. The zero-order valence-corrected chi connectivity index (χ0v) is 12.7. The summed E-state index contributed by atoms with van der Waals surface area (Å²) >= 11 is 0. The Bertz CT molecular complexity index is 807. The van der Waals surface area contributed by atoms with Crippen LogP contribution in [-0.4, -0.2) is 0 Å². The van der Waals surface area contributed by atoms with E-state index in [0.29, 0.717) is 0 Å². The summed E-state index contributed by atoms with van der Waals surface area (Å²) < 4.78 is 2.91. The number of hydrogen-bond donors (Lipinski definition) is 0. The van der Waals surface area contributed by atoms with Crippen molar-refractivity contribution in [2.75, 3.05) is 0 Å². The Morgan fingerprint density at radius 2 is 0.950 bits per heavy atom. The third kappa shape index (κ3) is 1.92. The molecule has 0 N–H and O–H groups in total. The molecule has 20 heavy (non-hydrogen) atoms. The topological polar surface area (TPSA) is 0 Å². The highest BCUT2D eigenvalue weighted by Crippen LogP contribution is 2.47. The molecule has 1 aromatic heterocycles. The van der Waals surface area contributed by atoms with E-state index >= 15 is 0 Å². The zero-order chi connectivity index (χ0) is 12.7. The van der Waals surface area contributed by atoms with Gasteiger partial charge in [0.15, 0.2) is 14.3 Å². The van der Waals surface area contributed by atoms with Crippen LogP contribution in [-0.2, 0) is 0 Å². The van der Waals surface area contributed by atoms with E-state index in [1.807, 2.05) is 0 Å². The maximum Gasteiger partial charge on any atom is 0.187 e. The van der Waals surface area contributed by atoms with Gasteiger partial charge in [0.25, 0.3) is 0 Å². The van der Waals surface area contributed by atoms with Crippen molar-refractivity contribution in [3.05, 3.63) is 78.9 Å². The highest BCUT2D eigenvalue weighted by molar-refractivity contribution is 7.59. The molecule has 0 aliphatic rings. The van der Waals surface area contributed by atoms with Gasteiger partial charge in [-0.1, -0.05) is 42.5 Å². The molecule has 0 spiro atoms. The summed E-state index contributed by atoms with van der Waals surface area (Å²) in [5, 5.41) is 2.79. The maximum absolute atomic E-state index is 2.27. The lowest BCUT2D eigenvalue weighted by atomic mass is 10.2. The van der Waals surface area contributed by atoms with Crippen molar-refractivity contribution in [3.63, 3.8) is 0 Å². The summed E-state index contributed by atoms with van der Waals surface area (Å²) in [4.78, 5) is 1.40. The Kier molecular flexibility index (Phi) is 3.51. The third-order valence-electron chi connectivity index (χ3n) is 3.48. The molecule has 0 unspecified atom stereocenters. The van der Waals surface area contributed by atoms with Gasteiger partial charge in [-0.2, -0.15) is 13.5 Å². The van der Waals surface area contributed by atoms with E-state index in [9.17, 15) is 0 Å². The van der Waals surface area contributed by atoms with Crippen LogP contribution >= 0.6 is 24.0 Å². The first-order valence-corrected chi connectivity index (χ1v) is 7.65. The zero-order valence-electron chi connectivity index (χ0n) is 10.9. The molecule has 0 nitrogen and oxygen atoms in total. The summed E-state index contributed by atoms with van der Waals surface area (Å²) in [5.74, 6) is 0. The van der Waals surface area contributed by atoms with Crippen molar-refractivity contribution in [2.24, 2.45) is 0 Å². The first-order valence-electron chi connectivity index (χ1n) is 6.43. The minimum absolute atomic E-state index is 0. The molecule has 0 saturated carbocycles. The molecule has 0 bridgehead atoms. The van der Waals surface area contributed by atoms with Gasteiger partial charge in [0.2, 0.25) is 0 Å². The molecule has 2 heteroatoms. The van der Waals surface area contributed by atoms with Crippen LogP contribution in [0.1, 0.15) is 0 Å². The van der Waals surface area contributed by atoms with Crippen LogP contribution in [0.4, 0.5) is 0 Å². The number of thiophene rings is 1. The van der Waals surface area contributed by atoms with Gasteiger partial charge >= 0.3 is 0 Å². The summed E-state index contributed by atoms with van der Waals surface area (Å²) in [6, 6.07) is 28.4. The van der Waals surface area contributed by atoms with Crippen molar-refractivity contribution >= 4 is 44.1 Å². The van der Waals surface area contributed by atoms with E-state index in [2.05, 4.69) is 78.9 Å². The Morgan fingerprint density at radius 1 is 0.500 bits per heavy atom. The highest BCUT2D eigenvalue weighted by Gasteiger charge is 2.22. The van der Waals surface area contributed by atoms with E-state index < -0.39 is 0 Å². The fraction of sp³-hybridized carbons (Fsp3) is 0. The Labute approximate surface area is 128 Å². The van der Waals surface area contributed by atoms with Gasteiger partial charge in [-0.3, -0.25) is 0 Å². The first-order chi connectivity index (χ1) is 9.45. The Morgan fingerprint density at radius 3 is 1.50 bits per heavy atom. The molecule has 3 aromatic carbocycles. The van der Waals surface area contributed by atoms with Crippen LogP contribution in [0.25, 0.3) is 25.1 Å². The molecular weight excluding hydrogens is 280 g/mol. The lowest BCUT2D eigenvalue weighted by Crippen LogP contribution is -1.68. The van der Waals surface area contributed by atoms with Gasteiger partial charge in [0.05, 0.1) is 0 Å². The van der Waals surface area contributed by atoms with Gasteiger partial charge in [-0.25, -0.2) is 0 Å². The van der Waals surface area contributed by atoms with Crippen LogP contribution in [0.15, 0.2) is 78.9 Å². The average Bonchev–Trinajstić information content (AvgIpc) is 2.83. The van der Waals surface area contributed by atoms with Crippen molar-refractivity contribution in [1.82, 2.24) is 0 Å². The normalized spacial score (nSPS) is 10.6. The second-order valence-electron chi connectivity index (χ2n) is 4.61. The van der Waals surface area contributed by atoms with E-state index in [0.717, 1.165) is 0 Å². The minimum atomic E-state index is 0. The fourth-order valence-corrected chi connectivity index (χ4v) is 5.06. The van der Waals surface area contributed by atoms with E-state index in [4.69, 9.17) is 0 Å². The lowest BCUT2D eigenvalue weighted by molar-refractivity contribution is 1.76. The molecular formula is C18H15S2+. The minimum Gasteiger partial charge on any atom is -0.197 e. The van der Waals surface area contributed by atoms with Gasteiger partial charge in [-0.15, -0.1) is 0 Å². The summed E-state index contributed by atoms with van der Waals surface area (Å²) in [5.41, 5.74) is 0. The van der Waals surface area contributed by atoms with Gasteiger partial charge < -0.3 is 0 Å². The SMILES string of the molecule is S.c1ccc(-[s+]2c3ccccc3c3ccccc32)cc1. The summed E-state index contributed by atoms with van der Waals surface area (Å²) in [7, 11) is 0.0594. The summed E-state index contributed by atoms with van der Waals surface area (Å²) in [6.45, 7) is 0. The summed E-state index contributed by atoms with van der Waals surface area (Å²) in [6.07, 6.45) is 0. The van der Waals surface area contributed by atoms with Crippen molar-refractivity contribution < 1.29 is 0 Å². The largest absolute Gasteiger partial charge is 0.197 e. The quantitative estimate of drug-likeness (QED) is 0.387. The predicted molar refractivity (Wildman–Crippen MR) is 95.7 cm³/mol. The predicted octanol–water partition coefficient (Wildman–Crippen LogP) is 5.84. The molecule has 1 heterocycles. The number of fused-ring (bicyclic) bond motifs is 3. The second-order valence-corrected chi connectivity index (χ2v) is 6.57. The van der Waals surface area contributed by atoms with Crippen LogP contribution in [0.2, 0.25) is 0 Å². The van der Waals surface area contributed by atoms with Gasteiger partial charge in [-0.05, 0) is 36.4 Å². The number of hydrogen-bond acceptors (Lipinski definition) is 0. The van der Waals surface area contributed by atoms with E-state index in [1.165, 1.54) is 25.1 Å². The van der Waals surface area contributed by atoms with E-state index in [-0.39, 0.29) is 24.0 Å². The molecule has 0 fully saturated rings. The van der Waals surface area contributed by atoms with Crippen LogP contribution < -0.4 is 0 Å². The third-order valence-corrected chi connectivity index (χ3v) is 5.82. The van der Waals surface area contributed by atoms with Gasteiger partial charge in [0.1, 0.15) is 0 Å². The molecule has 0 radical (unpaired) electrons. The van der Waals surface area contributed by atoms with E-state index in [1.54, 1.807) is 0 Å². The number of rotatable bonds is 1. The molecule has 0 saturated heterocycles. The lowest BCUT2D eigenvalue weighted by Gasteiger charge is -1.91. The van der Waals surface area contributed by atoms with Crippen LogP contribution in [0.3, 0.4) is 0 Å².